The minimum atomic E-state index is -0.656. The van der Waals surface area contributed by atoms with Crippen LogP contribution in [0.15, 0.2) is 53.3 Å². The van der Waals surface area contributed by atoms with Gasteiger partial charge in [0.25, 0.3) is 17.4 Å². The molecule has 1 aromatic heterocycles. The Hall–Kier alpha value is -3.72. The first kappa shape index (κ1) is 22.0. The summed E-state index contributed by atoms with van der Waals surface area (Å²) in [6, 6.07) is 13.0. The number of nitrogens with one attached hydrogen (secondary N) is 3. The third-order valence-electron chi connectivity index (χ3n) is 4.44. The van der Waals surface area contributed by atoms with Crippen molar-refractivity contribution in [3.05, 3.63) is 75.2 Å². The van der Waals surface area contributed by atoms with Gasteiger partial charge in [-0.2, -0.15) is 5.10 Å². The molecule has 0 aliphatic heterocycles. The number of halogens is 1. The number of aryl methyl sites for hydroxylation is 1. The van der Waals surface area contributed by atoms with Gasteiger partial charge in [-0.3, -0.25) is 30.0 Å². The highest BCUT2D eigenvalue weighted by molar-refractivity contribution is 6.30. The van der Waals surface area contributed by atoms with Gasteiger partial charge < -0.3 is 5.32 Å². The molecule has 0 aliphatic rings. The van der Waals surface area contributed by atoms with E-state index in [1.165, 1.54) is 4.68 Å². The standard InChI is InChI=1S/C21H20ClN5O4/c1-2-27-21(31)16-6-4-3-5-15(16)18(26-27)20(30)25-24-17(28)11-12-23-19(29)13-7-9-14(22)10-8-13/h3-10H,2,11-12H2,1H3,(H,23,29)(H,24,28)(H,25,30). The number of benzene rings is 2. The van der Waals surface area contributed by atoms with Gasteiger partial charge in [0.15, 0.2) is 5.69 Å². The fourth-order valence-corrected chi connectivity index (χ4v) is 2.98. The van der Waals surface area contributed by atoms with Crippen LogP contribution in [0.3, 0.4) is 0 Å². The molecule has 2 aromatic carbocycles. The van der Waals surface area contributed by atoms with Crippen molar-refractivity contribution in [2.24, 2.45) is 0 Å². The molecular formula is C21H20ClN5O4. The Morgan fingerprint density at radius 3 is 2.32 bits per heavy atom. The number of aromatic nitrogens is 2. The highest BCUT2D eigenvalue weighted by Crippen LogP contribution is 2.13. The van der Waals surface area contributed by atoms with E-state index in [0.717, 1.165) is 0 Å². The smallest absolute Gasteiger partial charge is 0.290 e. The minimum Gasteiger partial charge on any atom is -0.352 e. The van der Waals surface area contributed by atoms with Gasteiger partial charge in [0.2, 0.25) is 5.91 Å². The van der Waals surface area contributed by atoms with Crippen LogP contribution in [0.25, 0.3) is 10.8 Å². The van der Waals surface area contributed by atoms with Crippen LogP contribution in [0.2, 0.25) is 5.02 Å². The molecule has 3 N–H and O–H groups in total. The van der Waals surface area contributed by atoms with Crippen molar-refractivity contribution in [1.82, 2.24) is 25.9 Å². The number of amides is 3. The van der Waals surface area contributed by atoms with E-state index in [1.807, 2.05) is 0 Å². The zero-order valence-corrected chi connectivity index (χ0v) is 17.4. The normalized spacial score (nSPS) is 10.5. The highest BCUT2D eigenvalue weighted by atomic mass is 35.5. The van der Waals surface area contributed by atoms with Gasteiger partial charge in [-0.15, -0.1) is 0 Å². The molecule has 0 radical (unpaired) electrons. The maximum atomic E-state index is 12.6. The van der Waals surface area contributed by atoms with Gasteiger partial charge >= 0.3 is 0 Å². The Morgan fingerprint density at radius 1 is 0.968 bits per heavy atom. The summed E-state index contributed by atoms with van der Waals surface area (Å²) in [4.78, 5) is 48.9. The summed E-state index contributed by atoms with van der Waals surface area (Å²) >= 11 is 5.78. The van der Waals surface area contributed by atoms with E-state index in [0.29, 0.717) is 27.9 Å². The SMILES string of the molecule is CCn1nc(C(=O)NNC(=O)CCNC(=O)c2ccc(Cl)cc2)c2ccccc2c1=O. The zero-order valence-electron chi connectivity index (χ0n) is 16.6. The number of hydrogen-bond donors (Lipinski definition) is 3. The van der Waals surface area contributed by atoms with E-state index >= 15 is 0 Å². The van der Waals surface area contributed by atoms with Gasteiger partial charge in [0, 0.05) is 35.5 Å². The summed E-state index contributed by atoms with van der Waals surface area (Å²) in [6.45, 7) is 2.11. The predicted octanol–water partition coefficient (Wildman–Crippen LogP) is 1.65. The molecule has 0 aliphatic carbocycles. The third-order valence-corrected chi connectivity index (χ3v) is 4.69. The fraction of sp³-hybridized carbons (Fsp3) is 0.190. The molecule has 10 heteroatoms. The van der Waals surface area contributed by atoms with Gasteiger partial charge in [0.1, 0.15) is 0 Å². The minimum absolute atomic E-state index is 0.0217. The van der Waals surface area contributed by atoms with Crippen LogP contribution in [-0.4, -0.2) is 34.0 Å². The Balaban J connectivity index is 1.56. The Bertz CT molecular complexity index is 1190. The lowest BCUT2D eigenvalue weighted by atomic mass is 10.1. The molecule has 0 bridgehead atoms. The van der Waals surface area contributed by atoms with Crippen LogP contribution >= 0.6 is 11.6 Å². The largest absolute Gasteiger partial charge is 0.352 e. The summed E-state index contributed by atoms with van der Waals surface area (Å²) in [6.07, 6.45) is -0.0533. The van der Waals surface area contributed by atoms with Crippen molar-refractivity contribution in [2.45, 2.75) is 19.9 Å². The van der Waals surface area contributed by atoms with Crippen LogP contribution in [0, 0.1) is 0 Å². The van der Waals surface area contributed by atoms with Crippen molar-refractivity contribution in [2.75, 3.05) is 6.54 Å². The van der Waals surface area contributed by atoms with Crippen molar-refractivity contribution in [1.29, 1.82) is 0 Å². The van der Waals surface area contributed by atoms with E-state index in [9.17, 15) is 19.2 Å². The van der Waals surface area contributed by atoms with E-state index < -0.39 is 11.8 Å². The van der Waals surface area contributed by atoms with Crippen LogP contribution < -0.4 is 21.7 Å². The highest BCUT2D eigenvalue weighted by Gasteiger charge is 2.16. The second-order valence-electron chi connectivity index (χ2n) is 6.53. The summed E-state index contributed by atoms with van der Waals surface area (Å²) in [5, 5.41) is 7.97. The number of rotatable bonds is 6. The Labute approximate surface area is 182 Å². The molecule has 1 heterocycles. The molecule has 0 unspecified atom stereocenters. The average Bonchev–Trinajstić information content (AvgIpc) is 2.78. The summed E-state index contributed by atoms with van der Waals surface area (Å²) in [5.74, 6) is -1.50. The lowest BCUT2D eigenvalue weighted by Gasteiger charge is -2.11. The molecule has 0 fully saturated rings. The zero-order chi connectivity index (χ0) is 22.4. The Kier molecular flexibility index (Phi) is 6.99. The van der Waals surface area contributed by atoms with Gasteiger partial charge in [0.05, 0.1) is 5.39 Å². The first-order valence-corrected chi connectivity index (χ1v) is 9.91. The van der Waals surface area contributed by atoms with Crippen LogP contribution in [-0.2, 0) is 11.3 Å². The van der Waals surface area contributed by atoms with Gasteiger partial charge in [-0.05, 0) is 37.3 Å². The van der Waals surface area contributed by atoms with Crippen molar-refractivity contribution >= 4 is 40.1 Å². The Morgan fingerprint density at radius 2 is 1.65 bits per heavy atom. The topological polar surface area (TPSA) is 122 Å². The number of carbonyl (C=O) groups excluding carboxylic acids is 3. The molecule has 3 amide bonds. The maximum Gasteiger partial charge on any atom is 0.290 e. The van der Waals surface area contributed by atoms with E-state index in [1.54, 1.807) is 55.5 Å². The quantitative estimate of drug-likeness (QED) is 0.502. The maximum absolute atomic E-state index is 12.6. The molecule has 9 nitrogen and oxygen atoms in total. The molecular weight excluding hydrogens is 422 g/mol. The molecule has 0 saturated carbocycles. The molecule has 0 atom stereocenters. The number of hydrogen-bond acceptors (Lipinski definition) is 5. The van der Waals surface area contributed by atoms with E-state index in [4.69, 9.17) is 11.6 Å². The molecule has 31 heavy (non-hydrogen) atoms. The van der Waals surface area contributed by atoms with Crippen LogP contribution in [0.5, 0.6) is 0 Å². The van der Waals surface area contributed by atoms with Crippen molar-refractivity contribution in [3.8, 4) is 0 Å². The fourth-order valence-electron chi connectivity index (χ4n) is 2.86. The number of fused-ring (bicyclic) bond motifs is 1. The van der Waals surface area contributed by atoms with Gasteiger partial charge in [-0.1, -0.05) is 29.8 Å². The van der Waals surface area contributed by atoms with Crippen LogP contribution in [0.4, 0.5) is 0 Å². The molecule has 3 rings (SSSR count). The average molecular weight is 442 g/mol. The second kappa shape index (κ2) is 9.86. The molecule has 0 spiro atoms. The lowest BCUT2D eigenvalue weighted by molar-refractivity contribution is -0.121. The first-order valence-electron chi connectivity index (χ1n) is 9.53. The molecule has 3 aromatic rings. The lowest BCUT2D eigenvalue weighted by Crippen LogP contribution is -2.43. The number of hydrazine groups is 1. The predicted molar refractivity (Wildman–Crippen MR) is 116 cm³/mol. The monoisotopic (exact) mass is 441 g/mol. The first-order chi connectivity index (χ1) is 14.9. The third kappa shape index (κ3) is 5.26. The number of nitrogens with zero attached hydrogens (tertiary/aromatic N) is 2. The van der Waals surface area contributed by atoms with E-state index in [-0.39, 0.29) is 30.1 Å². The number of carbonyl (C=O) groups is 3. The van der Waals surface area contributed by atoms with Crippen molar-refractivity contribution < 1.29 is 14.4 Å². The molecule has 160 valence electrons. The summed E-state index contributed by atoms with van der Waals surface area (Å²) in [5.41, 5.74) is 4.72. The van der Waals surface area contributed by atoms with Gasteiger partial charge in [-0.25, -0.2) is 4.68 Å². The van der Waals surface area contributed by atoms with Crippen LogP contribution in [0.1, 0.15) is 34.2 Å². The summed E-state index contributed by atoms with van der Waals surface area (Å²) < 4.78 is 1.19. The second-order valence-corrected chi connectivity index (χ2v) is 6.97. The van der Waals surface area contributed by atoms with Crippen molar-refractivity contribution in [3.63, 3.8) is 0 Å². The molecule has 0 saturated heterocycles. The summed E-state index contributed by atoms with van der Waals surface area (Å²) in [7, 11) is 0. The van der Waals surface area contributed by atoms with E-state index in [2.05, 4.69) is 21.3 Å².